The van der Waals surface area contributed by atoms with Gasteiger partial charge in [0.2, 0.25) is 5.91 Å². The van der Waals surface area contributed by atoms with Gasteiger partial charge < -0.3 is 10.0 Å². The maximum atomic E-state index is 12.6. The van der Waals surface area contributed by atoms with Gasteiger partial charge in [0, 0.05) is 19.0 Å². The van der Waals surface area contributed by atoms with Crippen LogP contribution in [0.5, 0.6) is 0 Å². The predicted octanol–water partition coefficient (Wildman–Crippen LogP) is 2.78. The van der Waals surface area contributed by atoms with Crippen LogP contribution in [-0.4, -0.2) is 34.5 Å². The highest BCUT2D eigenvalue weighted by atomic mass is 16.4. The summed E-state index contributed by atoms with van der Waals surface area (Å²) < 4.78 is 0. The van der Waals surface area contributed by atoms with Crippen LogP contribution in [0.15, 0.2) is 24.3 Å². The maximum absolute atomic E-state index is 12.6. The quantitative estimate of drug-likeness (QED) is 0.906. The van der Waals surface area contributed by atoms with Gasteiger partial charge in [-0.25, -0.2) is 0 Å². The van der Waals surface area contributed by atoms with Crippen molar-refractivity contribution in [3.05, 3.63) is 35.4 Å². The minimum absolute atomic E-state index is 0.0892. The van der Waals surface area contributed by atoms with Gasteiger partial charge in [-0.3, -0.25) is 9.59 Å². The van der Waals surface area contributed by atoms with Gasteiger partial charge in [-0.1, -0.05) is 24.3 Å². The number of hydrogen-bond acceptors (Lipinski definition) is 2. The van der Waals surface area contributed by atoms with E-state index in [2.05, 4.69) is 0 Å². The van der Waals surface area contributed by atoms with Crippen molar-refractivity contribution in [1.29, 1.82) is 0 Å². The number of benzene rings is 1. The van der Waals surface area contributed by atoms with E-state index in [1.807, 2.05) is 36.1 Å². The smallest absolute Gasteiger partial charge is 0.303 e. The minimum atomic E-state index is -0.785. The number of piperidine rings is 1. The molecule has 1 unspecified atom stereocenters. The molecule has 4 heteroatoms. The molecular formula is C17H23NO3. The molecule has 0 radical (unpaired) electrons. The summed E-state index contributed by atoms with van der Waals surface area (Å²) in [5, 5.41) is 8.84. The van der Waals surface area contributed by atoms with Gasteiger partial charge in [-0.2, -0.15) is 0 Å². The summed E-state index contributed by atoms with van der Waals surface area (Å²) in [6.45, 7) is 2.77. The van der Waals surface area contributed by atoms with Crippen LogP contribution in [0, 0.1) is 6.92 Å². The van der Waals surface area contributed by atoms with E-state index in [4.69, 9.17) is 5.11 Å². The first-order chi connectivity index (χ1) is 10.1. The molecule has 1 amide bonds. The van der Waals surface area contributed by atoms with Crippen LogP contribution >= 0.6 is 0 Å². The lowest BCUT2D eigenvalue weighted by Gasteiger charge is -2.36. The van der Waals surface area contributed by atoms with E-state index in [0.717, 1.165) is 36.9 Å². The largest absolute Gasteiger partial charge is 0.481 e. The van der Waals surface area contributed by atoms with Crippen LogP contribution < -0.4 is 0 Å². The number of rotatable bonds is 5. The van der Waals surface area contributed by atoms with Crippen molar-refractivity contribution in [2.24, 2.45) is 0 Å². The normalized spacial score (nSPS) is 18.5. The molecule has 0 aromatic heterocycles. The fourth-order valence-corrected chi connectivity index (χ4v) is 2.99. The molecule has 1 aromatic rings. The predicted molar refractivity (Wildman–Crippen MR) is 81.1 cm³/mol. The Balaban J connectivity index is 2.01. The van der Waals surface area contributed by atoms with E-state index in [-0.39, 0.29) is 18.4 Å². The highest BCUT2D eigenvalue weighted by molar-refractivity contribution is 5.79. The summed E-state index contributed by atoms with van der Waals surface area (Å²) >= 11 is 0. The van der Waals surface area contributed by atoms with Crippen molar-refractivity contribution in [3.63, 3.8) is 0 Å². The number of nitrogens with zero attached hydrogens (tertiary/aromatic N) is 1. The van der Waals surface area contributed by atoms with Crippen LogP contribution in [-0.2, 0) is 16.0 Å². The fraction of sp³-hybridized carbons (Fsp3) is 0.529. The molecule has 0 spiro atoms. The van der Waals surface area contributed by atoms with E-state index in [1.165, 1.54) is 0 Å². The molecule has 1 aliphatic rings. The molecule has 1 aliphatic heterocycles. The van der Waals surface area contributed by atoms with Crippen LogP contribution in [0.4, 0.5) is 0 Å². The third kappa shape index (κ3) is 4.31. The van der Waals surface area contributed by atoms with Gasteiger partial charge in [0.05, 0.1) is 6.42 Å². The van der Waals surface area contributed by atoms with Gasteiger partial charge >= 0.3 is 5.97 Å². The van der Waals surface area contributed by atoms with E-state index in [9.17, 15) is 9.59 Å². The maximum Gasteiger partial charge on any atom is 0.303 e. The number of carbonyl (C=O) groups is 2. The molecule has 2 rings (SSSR count). The van der Waals surface area contributed by atoms with Crippen molar-refractivity contribution in [2.45, 2.75) is 51.5 Å². The van der Waals surface area contributed by atoms with Gasteiger partial charge in [0.25, 0.3) is 0 Å². The minimum Gasteiger partial charge on any atom is -0.481 e. The van der Waals surface area contributed by atoms with Crippen LogP contribution in [0.25, 0.3) is 0 Å². The number of amides is 1. The molecular weight excluding hydrogens is 266 g/mol. The number of carboxylic acid groups (broad SMARTS) is 1. The molecule has 0 bridgehead atoms. The average molecular weight is 289 g/mol. The van der Waals surface area contributed by atoms with Crippen molar-refractivity contribution in [2.75, 3.05) is 6.54 Å². The summed E-state index contributed by atoms with van der Waals surface area (Å²) in [5.41, 5.74) is 2.19. The number of hydrogen-bond donors (Lipinski definition) is 1. The first kappa shape index (κ1) is 15.5. The van der Waals surface area contributed by atoms with E-state index in [1.54, 1.807) is 0 Å². The molecule has 0 saturated carbocycles. The van der Waals surface area contributed by atoms with Crippen LogP contribution in [0.1, 0.15) is 43.2 Å². The average Bonchev–Trinajstić information content (AvgIpc) is 2.47. The summed E-state index contributed by atoms with van der Waals surface area (Å²) in [6, 6.07) is 8.02. The van der Waals surface area contributed by atoms with Crippen LogP contribution in [0.3, 0.4) is 0 Å². The highest BCUT2D eigenvalue weighted by Gasteiger charge is 2.27. The summed E-state index contributed by atoms with van der Waals surface area (Å²) in [4.78, 5) is 25.2. The zero-order valence-corrected chi connectivity index (χ0v) is 12.5. The second-order valence-corrected chi connectivity index (χ2v) is 5.77. The Labute approximate surface area is 125 Å². The third-order valence-corrected chi connectivity index (χ3v) is 4.24. The van der Waals surface area contributed by atoms with Crippen molar-refractivity contribution >= 4 is 11.9 Å². The first-order valence-electron chi connectivity index (χ1n) is 7.63. The van der Waals surface area contributed by atoms with E-state index >= 15 is 0 Å². The summed E-state index contributed by atoms with van der Waals surface area (Å²) in [5.74, 6) is -0.661. The van der Waals surface area contributed by atoms with Gasteiger partial charge in [0.1, 0.15) is 0 Å². The Hall–Kier alpha value is -1.84. The number of aryl methyl sites for hydroxylation is 1. The molecule has 1 aromatic carbocycles. The number of carboxylic acids is 1. The van der Waals surface area contributed by atoms with Crippen LogP contribution in [0.2, 0.25) is 0 Å². The zero-order valence-electron chi connectivity index (χ0n) is 12.5. The monoisotopic (exact) mass is 289 g/mol. The van der Waals surface area contributed by atoms with E-state index in [0.29, 0.717) is 12.8 Å². The first-order valence-corrected chi connectivity index (χ1v) is 7.63. The zero-order chi connectivity index (χ0) is 15.2. The Bertz CT molecular complexity index is 513. The molecule has 1 N–H and O–H groups in total. The molecule has 4 nitrogen and oxygen atoms in total. The molecule has 1 heterocycles. The lowest BCUT2D eigenvalue weighted by Crippen LogP contribution is -2.44. The Morgan fingerprint density at radius 2 is 2.05 bits per heavy atom. The summed E-state index contributed by atoms with van der Waals surface area (Å²) in [7, 11) is 0. The summed E-state index contributed by atoms with van der Waals surface area (Å²) in [6.07, 6.45) is 4.14. The second-order valence-electron chi connectivity index (χ2n) is 5.77. The standard InChI is InChI=1S/C17H23NO3/c1-13-6-2-3-7-14(13)12-16(19)18-11-5-4-8-15(18)9-10-17(20)21/h2-3,6-7,15H,4-5,8-12H2,1H3,(H,20,21). The van der Waals surface area contributed by atoms with Gasteiger partial charge in [0.15, 0.2) is 0 Å². The number of carbonyl (C=O) groups excluding carboxylic acids is 1. The molecule has 1 saturated heterocycles. The lowest BCUT2D eigenvalue weighted by molar-refractivity contribution is -0.139. The Kier molecular flexibility index (Phi) is 5.37. The third-order valence-electron chi connectivity index (χ3n) is 4.24. The van der Waals surface area contributed by atoms with Gasteiger partial charge in [-0.15, -0.1) is 0 Å². The van der Waals surface area contributed by atoms with E-state index < -0.39 is 5.97 Å². The molecule has 114 valence electrons. The molecule has 1 atom stereocenters. The molecule has 1 fully saturated rings. The van der Waals surface area contributed by atoms with Crippen molar-refractivity contribution < 1.29 is 14.7 Å². The second kappa shape index (κ2) is 7.25. The van der Waals surface area contributed by atoms with Crippen molar-refractivity contribution in [3.8, 4) is 0 Å². The SMILES string of the molecule is Cc1ccccc1CC(=O)N1CCCCC1CCC(=O)O. The molecule has 0 aliphatic carbocycles. The lowest BCUT2D eigenvalue weighted by atomic mass is 9.96. The fourth-order valence-electron chi connectivity index (χ4n) is 2.99. The molecule has 21 heavy (non-hydrogen) atoms. The highest BCUT2D eigenvalue weighted by Crippen LogP contribution is 2.22. The number of likely N-dealkylation sites (tertiary alicyclic amines) is 1. The van der Waals surface area contributed by atoms with Crippen molar-refractivity contribution in [1.82, 2.24) is 4.90 Å². The Morgan fingerprint density at radius 1 is 1.29 bits per heavy atom. The number of aliphatic carboxylic acids is 1. The van der Waals surface area contributed by atoms with Gasteiger partial charge in [-0.05, 0) is 43.7 Å². The topological polar surface area (TPSA) is 57.6 Å². The Morgan fingerprint density at radius 3 is 2.76 bits per heavy atom.